The van der Waals surface area contributed by atoms with E-state index in [1.165, 1.54) is 16.3 Å². The van der Waals surface area contributed by atoms with Crippen molar-refractivity contribution in [2.24, 2.45) is 0 Å². The SMILES string of the molecule is Fc1c(F)c(F)c([B-](c2c(F)c(F)c(F)c(F)c2F)(c2c(F)c(F)c(F)c(F)c2F)c2c(F)c(F)c(F)c(F)c2F)c(F)c1F.N#Cc1ccc(C[n+]2ccc3ccccc3c2)cc1. The van der Waals surface area contributed by atoms with Gasteiger partial charge in [0.1, 0.15) is 52.7 Å². The number of hydrogen-bond acceptors (Lipinski definition) is 1. The van der Waals surface area contributed by atoms with Crippen molar-refractivity contribution in [3.05, 3.63) is 194 Å². The number of fused-ring (bicyclic) bond motifs is 1. The molecule has 0 unspecified atom stereocenters. The van der Waals surface area contributed by atoms with Crippen LogP contribution in [0.25, 0.3) is 10.8 Å². The third-order valence-electron chi connectivity index (χ3n) is 9.90. The lowest BCUT2D eigenvalue weighted by Crippen LogP contribution is -2.81. The van der Waals surface area contributed by atoms with Crippen LogP contribution in [0.1, 0.15) is 11.1 Å². The molecule has 0 amide bonds. The zero-order valence-electron chi connectivity index (χ0n) is 30.6. The fraction of sp³-hybridized carbons (Fsp3) is 0.0244. The van der Waals surface area contributed by atoms with E-state index in [0.29, 0.717) is 5.56 Å². The molecule has 0 aliphatic heterocycles. The zero-order chi connectivity index (χ0) is 47.4. The van der Waals surface area contributed by atoms with Crippen LogP contribution in [0.2, 0.25) is 0 Å². The molecular weight excluding hydrogens is 911 g/mol. The van der Waals surface area contributed by atoms with Crippen LogP contribution >= 0.6 is 0 Å². The second kappa shape index (κ2) is 17.2. The summed E-state index contributed by atoms with van der Waals surface area (Å²) in [5.74, 6) is -71.4. The summed E-state index contributed by atoms with van der Waals surface area (Å²) in [6.07, 6.45) is -2.99. The largest absolute Gasteiger partial charge is 0.207 e. The van der Waals surface area contributed by atoms with Crippen LogP contribution < -0.4 is 26.4 Å². The lowest BCUT2D eigenvalue weighted by Gasteiger charge is -2.44. The molecule has 0 spiro atoms. The number of nitriles is 1. The molecule has 330 valence electrons. The number of pyridine rings is 1. The molecule has 6 aromatic carbocycles. The molecule has 0 atom stereocenters. The van der Waals surface area contributed by atoms with E-state index in [1.807, 2.05) is 36.4 Å². The maximum Gasteiger partial charge on any atom is 0.200 e. The van der Waals surface area contributed by atoms with Gasteiger partial charge in [0, 0.05) is 17.0 Å². The Labute approximate surface area is 343 Å². The van der Waals surface area contributed by atoms with Gasteiger partial charge in [0.05, 0.1) is 11.6 Å². The first kappa shape index (κ1) is 46.4. The van der Waals surface area contributed by atoms with Crippen molar-refractivity contribution in [2.75, 3.05) is 0 Å². The number of nitrogens with zero attached hydrogens (tertiary/aromatic N) is 2. The van der Waals surface area contributed by atoms with Gasteiger partial charge in [-0.05, 0) is 23.6 Å². The molecule has 1 heterocycles. The molecule has 2 nitrogen and oxygen atoms in total. The molecule has 0 N–H and O–H groups in total. The normalized spacial score (nSPS) is 11.5. The second-order valence-electron chi connectivity index (χ2n) is 13.4. The van der Waals surface area contributed by atoms with Crippen LogP contribution in [0.5, 0.6) is 0 Å². The molecule has 0 fully saturated rings. The van der Waals surface area contributed by atoms with Crippen molar-refractivity contribution in [2.45, 2.75) is 6.54 Å². The fourth-order valence-corrected chi connectivity index (χ4v) is 7.05. The highest BCUT2D eigenvalue weighted by atomic mass is 19.2. The van der Waals surface area contributed by atoms with Crippen LogP contribution in [0.4, 0.5) is 87.8 Å². The van der Waals surface area contributed by atoms with Gasteiger partial charge in [-0.1, -0.05) is 30.3 Å². The Morgan fingerprint density at radius 3 is 0.938 bits per heavy atom. The van der Waals surface area contributed by atoms with Gasteiger partial charge in [-0.2, -0.15) is 5.26 Å². The van der Waals surface area contributed by atoms with Crippen molar-refractivity contribution in [3.8, 4) is 6.07 Å². The number of aromatic nitrogens is 1. The van der Waals surface area contributed by atoms with Gasteiger partial charge in [-0.3, -0.25) is 0 Å². The van der Waals surface area contributed by atoms with Crippen molar-refractivity contribution < 1.29 is 92.4 Å². The molecule has 0 saturated heterocycles. The number of rotatable bonds is 6. The highest BCUT2D eigenvalue weighted by molar-refractivity contribution is 7.20. The Kier molecular flexibility index (Phi) is 12.5. The molecule has 7 rings (SSSR count). The van der Waals surface area contributed by atoms with E-state index in [-0.39, 0.29) is 0 Å². The molecule has 0 bridgehead atoms. The summed E-state index contributed by atoms with van der Waals surface area (Å²) in [7, 11) is 0. The minimum atomic E-state index is -7.22. The van der Waals surface area contributed by atoms with Crippen molar-refractivity contribution in [1.82, 2.24) is 0 Å². The standard InChI is InChI=1S/C24BF20.C17H13N2/c26-5-1(6(27)14(35)21(42)13(5)34)25(2-7(28)15(36)22(43)16(37)8(2)29,3-9(30)17(38)23(44)18(39)10(3)31)4-11(32)19(40)24(45)20(41)12(4)33;18-11-14-5-7-15(8-6-14)12-19-10-9-16-3-1-2-4-17(16)13-19/h;1-10,13H,12H2/q-1;+1. The van der Waals surface area contributed by atoms with Gasteiger partial charge < -0.3 is 0 Å². The summed E-state index contributed by atoms with van der Waals surface area (Å²) in [5.41, 5.74) is -12.4. The Bertz CT molecular complexity index is 2720. The first-order valence-electron chi connectivity index (χ1n) is 17.2. The first-order chi connectivity index (χ1) is 30.0. The van der Waals surface area contributed by atoms with Crippen LogP contribution in [0, 0.1) is 128 Å². The molecule has 0 radical (unpaired) electrons. The van der Waals surface area contributed by atoms with E-state index >= 15 is 35.1 Å². The number of benzene rings is 6. The minimum absolute atomic E-state index is 0.701. The van der Waals surface area contributed by atoms with Crippen LogP contribution in [0.15, 0.2) is 67.0 Å². The predicted octanol–water partition coefficient (Wildman–Crippen LogP) is 8.89. The molecule has 7 aromatic rings. The van der Waals surface area contributed by atoms with Crippen LogP contribution in [-0.2, 0) is 6.54 Å². The molecule has 64 heavy (non-hydrogen) atoms. The van der Waals surface area contributed by atoms with Crippen LogP contribution in [0.3, 0.4) is 0 Å². The highest BCUT2D eigenvalue weighted by Crippen LogP contribution is 2.31. The predicted molar refractivity (Wildman–Crippen MR) is 184 cm³/mol. The molecule has 0 saturated carbocycles. The monoisotopic (exact) mass is 924 g/mol. The zero-order valence-corrected chi connectivity index (χ0v) is 30.6. The Balaban J connectivity index is 0.000000295. The summed E-state index contributed by atoms with van der Waals surface area (Å²) < 4.78 is 296. The summed E-state index contributed by atoms with van der Waals surface area (Å²) in [6, 6.07) is 20.3. The number of hydrogen-bond donors (Lipinski definition) is 0. The van der Waals surface area contributed by atoms with Crippen LogP contribution in [-0.4, -0.2) is 6.15 Å². The topological polar surface area (TPSA) is 27.7 Å². The third-order valence-corrected chi connectivity index (χ3v) is 9.90. The van der Waals surface area contributed by atoms with Gasteiger partial charge in [0.2, 0.25) is 0 Å². The molecule has 0 aliphatic rings. The van der Waals surface area contributed by atoms with Gasteiger partial charge in [0.15, 0.2) is 88.7 Å². The van der Waals surface area contributed by atoms with Gasteiger partial charge in [-0.15, -0.1) is 21.9 Å². The fourth-order valence-electron chi connectivity index (χ4n) is 7.05. The quantitative estimate of drug-likeness (QED) is 0.0539. The maximum atomic E-state index is 15.4. The van der Waals surface area contributed by atoms with Gasteiger partial charge >= 0.3 is 0 Å². The Morgan fingerprint density at radius 2 is 0.641 bits per heavy atom. The Hall–Kier alpha value is -7.12. The second-order valence-corrected chi connectivity index (χ2v) is 13.4. The van der Waals surface area contributed by atoms with Gasteiger partial charge in [-0.25, -0.2) is 92.4 Å². The van der Waals surface area contributed by atoms with E-state index in [0.717, 1.165) is 6.54 Å². The number of halogens is 20. The average Bonchev–Trinajstić information content (AvgIpc) is 3.29. The molecular formula is C41H13BF20N2. The highest BCUT2D eigenvalue weighted by Gasteiger charge is 2.52. The summed E-state index contributed by atoms with van der Waals surface area (Å²) in [5, 5.41) is 11.3. The van der Waals surface area contributed by atoms with E-state index in [9.17, 15) is 52.7 Å². The summed E-state index contributed by atoms with van der Waals surface area (Å²) in [6.45, 7) is 0.816. The lowest BCUT2D eigenvalue weighted by atomic mass is 9.12. The lowest BCUT2D eigenvalue weighted by molar-refractivity contribution is -0.687. The first-order valence-corrected chi connectivity index (χ1v) is 17.2. The molecule has 1 aromatic heterocycles. The molecule has 23 heteroatoms. The van der Waals surface area contributed by atoms with Gasteiger partial charge in [0.25, 0.3) is 0 Å². The average molecular weight is 924 g/mol. The minimum Gasteiger partial charge on any atom is -0.207 e. The summed E-state index contributed by atoms with van der Waals surface area (Å²) in [4.78, 5) is 0. The maximum absolute atomic E-state index is 15.4. The van der Waals surface area contributed by atoms with Crippen molar-refractivity contribution in [1.29, 1.82) is 5.26 Å². The van der Waals surface area contributed by atoms with E-state index < -0.39 is 144 Å². The summed E-state index contributed by atoms with van der Waals surface area (Å²) >= 11 is 0. The third kappa shape index (κ3) is 7.19. The van der Waals surface area contributed by atoms with Crippen molar-refractivity contribution >= 4 is 38.8 Å². The molecule has 0 aliphatic carbocycles. The van der Waals surface area contributed by atoms with Crippen molar-refractivity contribution in [3.63, 3.8) is 0 Å². The van der Waals surface area contributed by atoms with E-state index in [4.69, 9.17) is 5.26 Å². The van der Waals surface area contributed by atoms with E-state index in [2.05, 4.69) is 41.2 Å². The Morgan fingerprint density at radius 1 is 0.359 bits per heavy atom. The van der Waals surface area contributed by atoms with E-state index in [1.54, 1.807) is 0 Å². The smallest absolute Gasteiger partial charge is 0.200 e.